The number of para-hydroxylation sites is 5. The molecule has 0 aliphatic carbocycles. The van der Waals surface area contributed by atoms with Crippen LogP contribution < -0.4 is 14.2 Å². The molecule has 0 fully saturated rings. The lowest BCUT2D eigenvalue weighted by atomic mass is 9.95. The standard InChI is InChI=1S/C33H24N2O3.2C29H22N2O3.C29H22N2O2S/c1-19(2)37-30-18-26(34-33(35-30)24-13-7-8-14-27(24)36)25-17-29-32(23-12-6-5-11-22(23)25)31-21-10-4-3-9-20(21)15-16-28(31)38-29;1-17(2)33-27-16-23(30-29(31-27)20-11-5-7-13-24(20)32)22-15-26-28(19-10-4-3-9-18(19)22)21-12-6-8-14-25(21)34-26;1-17(2)33-28-16-24(30-29(31-28)21-9-5-6-10-25(21)32)20-11-12-26-22(14-20)23-13-18-7-3-4-8-19(18)15-27(23)34-26;1-17(2)34-27-16-23(30-29(31-27)21-9-5-6-10-24(21)32)19-11-13-22-26(15-19)33-25-14-12-18-7-3-4-8-20(18)28(22)25/h3-19,36H,1-2H3;3*3-17,32H,1-2H3. The van der Waals surface area contributed by atoms with E-state index < -0.39 is 0 Å². The van der Waals surface area contributed by atoms with Crippen molar-refractivity contribution in [2.24, 2.45) is 0 Å². The molecule has 0 atom stereocenters. The minimum atomic E-state index is -0.0714. The van der Waals surface area contributed by atoms with Gasteiger partial charge in [0.05, 0.1) is 63.3 Å². The van der Waals surface area contributed by atoms with Gasteiger partial charge < -0.3 is 52.3 Å². The molecule has 0 bridgehead atoms. The SMILES string of the molecule is CC(C)Oc1cc(-c2cc3oc4ccc5ccccc5c4c3c3ccccc23)nc(-c2ccccc2O)n1.CC(C)Oc1cc(-c2cc3oc4ccccc4c3c3ccccc23)nc(-c2ccccc2O)n1.CC(C)Oc1cc(-c2ccc3oc4cc5ccccc5cc4c3c2)nc(-c2ccccc2O)n1.CC(C)Sc1cc(-c2ccc3c(c2)oc2ccc4ccccc4c23)nc(-c2ccccc2O)n1. The van der Waals surface area contributed by atoms with E-state index >= 15 is 0 Å². The normalized spacial score (nSPS) is 11.7. The molecule has 17 aromatic carbocycles. The Hall–Kier alpha value is -17.5. The molecule has 25 rings (SSSR count). The highest BCUT2D eigenvalue weighted by molar-refractivity contribution is 7.99. The molecule has 8 heterocycles. The van der Waals surface area contributed by atoms with Gasteiger partial charge in [0, 0.05) is 88.8 Å². The van der Waals surface area contributed by atoms with E-state index in [4.69, 9.17) is 56.8 Å². The molecule has 8 aromatic heterocycles. The van der Waals surface area contributed by atoms with Gasteiger partial charge in [0.15, 0.2) is 23.3 Å². The molecular weight excluding hydrogens is 1760 g/mol. The molecule has 0 aliphatic heterocycles. The maximum absolute atomic E-state index is 10.5. The van der Waals surface area contributed by atoms with Crippen LogP contribution in [0.25, 0.3) is 232 Å². The lowest BCUT2D eigenvalue weighted by Crippen LogP contribution is -2.08. The molecule has 0 aliphatic rings. The van der Waals surface area contributed by atoms with Crippen LogP contribution >= 0.6 is 11.8 Å². The van der Waals surface area contributed by atoms with Crippen LogP contribution in [-0.4, -0.2) is 83.9 Å². The smallest absolute Gasteiger partial charge is 0.217 e. The third kappa shape index (κ3) is 17.2. The van der Waals surface area contributed by atoms with Crippen molar-refractivity contribution in [3.05, 3.63) is 352 Å². The summed E-state index contributed by atoms with van der Waals surface area (Å²) in [5, 5.41) is 63.0. The van der Waals surface area contributed by atoms with Crippen molar-refractivity contribution in [3.8, 4) is 131 Å². The Bertz CT molecular complexity index is 9160. The van der Waals surface area contributed by atoms with Crippen molar-refractivity contribution < 1.29 is 52.3 Å². The average molecular weight is 1850 g/mol. The topological polar surface area (TPSA) is 264 Å². The zero-order valence-corrected chi connectivity index (χ0v) is 78.2. The first kappa shape index (κ1) is 87.8. The minimum absolute atomic E-state index is 0.0476. The number of furan rings is 4. The van der Waals surface area contributed by atoms with Gasteiger partial charge in [-0.3, -0.25) is 0 Å². The third-order valence-electron chi connectivity index (χ3n) is 24.4. The summed E-state index contributed by atoms with van der Waals surface area (Å²) in [5.41, 5.74) is 15.5. The lowest BCUT2D eigenvalue weighted by Gasteiger charge is -2.14. The van der Waals surface area contributed by atoms with Crippen molar-refractivity contribution in [2.75, 3.05) is 0 Å². The van der Waals surface area contributed by atoms with Gasteiger partial charge in [-0.2, -0.15) is 15.0 Å². The molecule has 0 amide bonds. The van der Waals surface area contributed by atoms with Crippen LogP contribution in [0.1, 0.15) is 55.4 Å². The van der Waals surface area contributed by atoms with Gasteiger partial charge in [-0.1, -0.05) is 220 Å². The van der Waals surface area contributed by atoms with E-state index in [9.17, 15) is 20.4 Å². The summed E-state index contributed by atoms with van der Waals surface area (Å²) in [6.07, 6.45) is -0.180. The molecule has 25 aromatic rings. The highest BCUT2D eigenvalue weighted by Crippen LogP contribution is 2.48. The van der Waals surface area contributed by atoms with Crippen molar-refractivity contribution in [1.82, 2.24) is 39.9 Å². The quantitative estimate of drug-likeness (QED) is 0.0517. The molecule has 0 radical (unpaired) electrons. The van der Waals surface area contributed by atoms with Gasteiger partial charge >= 0.3 is 0 Å². The predicted octanol–water partition coefficient (Wildman–Crippen LogP) is 31.3. The number of rotatable bonds is 16. The van der Waals surface area contributed by atoms with Crippen LogP contribution in [0.5, 0.6) is 40.6 Å². The molecule has 0 unspecified atom stereocenters. The number of hydrogen-bond donors (Lipinski definition) is 4. The van der Waals surface area contributed by atoms with Crippen molar-refractivity contribution in [3.63, 3.8) is 0 Å². The first-order valence-electron chi connectivity index (χ1n) is 46.4. The second-order valence-electron chi connectivity index (χ2n) is 35.4. The Morgan fingerprint density at radius 3 is 1.08 bits per heavy atom. The van der Waals surface area contributed by atoms with E-state index in [0.717, 1.165) is 153 Å². The van der Waals surface area contributed by atoms with E-state index in [-0.39, 0.29) is 41.3 Å². The van der Waals surface area contributed by atoms with Gasteiger partial charge in [0.25, 0.3) is 0 Å². The average Bonchev–Trinajstić information content (AvgIpc) is 1.55. The van der Waals surface area contributed by atoms with Crippen molar-refractivity contribution in [2.45, 2.75) is 84.0 Å². The molecule has 20 heteroatoms. The van der Waals surface area contributed by atoms with Gasteiger partial charge in [-0.25, -0.2) is 24.9 Å². The monoisotopic (exact) mass is 1850 g/mol. The zero-order valence-electron chi connectivity index (χ0n) is 77.4. The fraction of sp³-hybridized carbons (Fsp3) is 0.100. The highest BCUT2D eigenvalue weighted by atomic mass is 32.2. The Morgan fingerprint density at radius 1 is 0.221 bits per heavy atom. The summed E-state index contributed by atoms with van der Waals surface area (Å²) in [7, 11) is 0. The van der Waals surface area contributed by atoms with E-state index in [1.54, 1.807) is 78.5 Å². The highest BCUT2D eigenvalue weighted by Gasteiger charge is 2.26. The summed E-state index contributed by atoms with van der Waals surface area (Å²) in [4.78, 5) is 37.9. The summed E-state index contributed by atoms with van der Waals surface area (Å²) in [5.74, 6) is 3.60. The Labute approximate surface area is 807 Å². The number of phenols is 4. The second kappa shape index (κ2) is 37.0. The summed E-state index contributed by atoms with van der Waals surface area (Å²) in [6.45, 7) is 16.0. The fourth-order valence-corrected chi connectivity index (χ4v) is 19.2. The minimum Gasteiger partial charge on any atom is -0.507 e. The van der Waals surface area contributed by atoms with Crippen LogP contribution in [0.3, 0.4) is 0 Å². The van der Waals surface area contributed by atoms with Crippen LogP contribution in [0.15, 0.2) is 375 Å². The number of thioether (sulfide) groups is 1. The first-order chi connectivity index (χ1) is 68.3. The van der Waals surface area contributed by atoms with Gasteiger partial charge in [0.1, 0.15) is 72.7 Å². The van der Waals surface area contributed by atoms with E-state index in [1.165, 1.54) is 21.5 Å². The zero-order chi connectivity index (χ0) is 95.5. The van der Waals surface area contributed by atoms with Gasteiger partial charge in [-0.15, -0.1) is 11.8 Å². The molecule has 0 saturated heterocycles. The van der Waals surface area contributed by atoms with E-state index in [0.29, 0.717) is 85.5 Å². The van der Waals surface area contributed by atoms with E-state index in [1.807, 2.05) is 181 Å². The van der Waals surface area contributed by atoms with Crippen molar-refractivity contribution in [1.29, 1.82) is 0 Å². The number of hydrogen-bond acceptors (Lipinski definition) is 20. The number of nitrogens with zero attached hydrogens (tertiary/aromatic N) is 8. The molecule has 4 N–H and O–H groups in total. The fourth-order valence-electron chi connectivity index (χ4n) is 18.4. The molecule has 0 spiro atoms. The molecular formula is C120H90N8O11S. The number of benzene rings is 17. The number of phenolic OH excluding ortho intramolecular Hbond substituents is 4. The molecule has 140 heavy (non-hydrogen) atoms. The molecule has 19 nitrogen and oxygen atoms in total. The van der Waals surface area contributed by atoms with E-state index in [2.05, 4.69) is 174 Å². The van der Waals surface area contributed by atoms with Crippen LogP contribution in [0, 0.1) is 0 Å². The van der Waals surface area contributed by atoms with Crippen LogP contribution in [0.2, 0.25) is 0 Å². The Balaban J connectivity index is 0.000000107. The third-order valence-corrected chi connectivity index (χ3v) is 25.3. The van der Waals surface area contributed by atoms with Crippen LogP contribution in [-0.2, 0) is 0 Å². The maximum atomic E-state index is 10.5. The Kier molecular flexibility index (Phi) is 23.2. The first-order valence-corrected chi connectivity index (χ1v) is 47.3. The van der Waals surface area contributed by atoms with Crippen molar-refractivity contribution >= 4 is 153 Å². The number of aromatic hydroxyl groups is 4. The number of ether oxygens (including phenoxy) is 3. The largest absolute Gasteiger partial charge is 0.507 e. The summed E-state index contributed by atoms with van der Waals surface area (Å²) >= 11 is 1.67. The summed E-state index contributed by atoms with van der Waals surface area (Å²) < 4.78 is 43.0. The van der Waals surface area contributed by atoms with Gasteiger partial charge in [-0.05, 0) is 223 Å². The number of aromatic nitrogens is 8. The Morgan fingerprint density at radius 2 is 0.557 bits per heavy atom. The predicted molar refractivity (Wildman–Crippen MR) is 563 cm³/mol. The maximum Gasteiger partial charge on any atom is 0.217 e. The lowest BCUT2D eigenvalue weighted by molar-refractivity contribution is 0.232. The number of fused-ring (bicyclic) bond motifs is 21. The molecule has 0 saturated carbocycles. The van der Waals surface area contributed by atoms with Gasteiger partial charge in [0.2, 0.25) is 17.6 Å². The van der Waals surface area contributed by atoms with Crippen LogP contribution in [0.4, 0.5) is 0 Å². The summed E-state index contributed by atoms with van der Waals surface area (Å²) in [6, 6.07) is 115. The second-order valence-corrected chi connectivity index (χ2v) is 37.0. The molecule has 682 valence electrons.